The smallest absolute Gasteiger partial charge is 0.202 e. The second-order valence-electron chi connectivity index (χ2n) is 4.38. The van der Waals surface area contributed by atoms with Gasteiger partial charge >= 0.3 is 0 Å². The third kappa shape index (κ3) is 2.47. The molecule has 0 aliphatic heterocycles. The molecule has 2 nitrogen and oxygen atoms in total. The van der Waals surface area contributed by atoms with Gasteiger partial charge in [0.1, 0.15) is 0 Å². The Morgan fingerprint density at radius 3 is 2.47 bits per heavy atom. The van der Waals surface area contributed by atoms with Gasteiger partial charge in [0.15, 0.2) is 0 Å². The molecule has 0 aliphatic rings. The van der Waals surface area contributed by atoms with Crippen LogP contribution in [0.4, 0.5) is 0 Å². The summed E-state index contributed by atoms with van der Waals surface area (Å²) in [7, 11) is 0. The number of ketones is 1. The van der Waals surface area contributed by atoms with E-state index in [9.17, 15) is 4.79 Å². The van der Waals surface area contributed by atoms with Crippen LogP contribution in [0.5, 0.6) is 0 Å². The summed E-state index contributed by atoms with van der Waals surface area (Å²) in [6.07, 6.45) is 3.42. The zero-order chi connectivity index (χ0) is 13.1. The molecule has 0 spiro atoms. The number of hydrogen-bond acceptors (Lipinski definition) is 1. The third-order valence-corrected chi connectivity index (χ3v) is 3.02. The third-order valence-electron chi connectivity index (χ3n) is 3.02. The number of rotatable bonds is 3. The molecule has 0 amide bonds. The van der Waals surface area contributed by atoms with Crippen molar-refractivity contribution in [3.05, 3.63) is 78.0 Å². The first-order chi connectivity index (χ1) is 9.33. The largest absolute Gasteiger partial charge is 0.352 e. The SMILES string of the molecule is O=C(C=Cc1ccccc1)c1cc2ccccc2[nH]1. The van der Waals surface area contributed by atoms with Gasteiger partial charge in [0.2, 0.25) is 5.78 Å². The molecule has 0 radical (unpaired) electrons. The zero-order valence-electron chi connectivity index (χ0n) is 10.3. The van der Waals surface area contributed by atoms with Crippen LogP contribution in [0.25, 0.3) is 17.0 Å². The fourth-order valence-electron chi connectivity index (χ4n) is 2.03. The average Bonchev–Trinajstić information content (AvgIpc) is 2.90. The van der Waals surface area contributed by atoms with Crippen LogP contribution in [0.1, 0.15) is 16.1 Å². The molecule has 2 aromatic carbocycles. The van der Waals surface area contributed by atoms with E-state index < -0.39 is 0 Å². The van der Waals surface area contributed by atoms with Crippen LogP contribution in [0, 0.1) is 0 Å². The molecule has 19 heavy (non-hydrogen) atoms. The van der Waals surface area contributed by atoms with Crippen molar-refractivity contribution >= 4 is 22.8 Å². The predicted octanol–water partition coefficient (Wildman–Crippen LogP) is 4.06. The summed E-state index contributed by atoms with van der Waals surface area (Å²) in [5.74, 6) is -0.0138. The number of H-pyrrole nitrogens is 1. The van der Waals surface area contributed by atoms with Gasteiger partial charge in [-0.1, -0.05) is 54.6 Å². The summed E-state index contributed by atoms with van der Waals surface area (Å²) in [5, 5.41) is 1.05. The van der Waals surface area contributed by atoms with Gasteiger partial charge in [-0.3, -0.25) is 4.79 Å². The molecule has 0 saturated heterocycles. The van der Waals surface area contributed by atoms with Crippen LogP contribution < -0.4 is 0 Å². The quantitative estimate of drug-likeness (QED) is 0.549. The summed E-state index contributed by atoms with van der Waals surface area (Å²) in [6.45, 7) is 0. The van der Waals surface area contributed by atoms with Crippen molar-refractivity contribution in [2.24, 2.45) is 0 Å². The highest BCUT2D eigenvalue weighted by atomic mass is 16.1. The minimum Gasteiger partial charge on any atom is -0.352 e. The molecule has 0 aliphatic carbocycles. The molecule has 0 unspecified atom stereocenters. The molecule has 0 fully saturated rings. The maximum atomic E-state index is 12.1. The Balaban J connectivity index is 1.86. The van der Waals surface area contributed by atoms with E-state index in [1.807, 2.05) is 66.7 Å². The second-order valence-corrected chi connectivity index (χ2v) is 4.38. The Bertz CT molecular complexity index is 705. The van der Waals surface area contributed by atoms with Crippen molar-refractivity contribution < 1.29 is 4.79 Å². The lowest BCUT2D eigenvalue weighted by Crippen LogP contribution is -1.93. The number of benzene rings is 2. The molecule has 0 saturated carbocycles. The zero-order valence-corrected chi connectivity index (χ0v) is 10.3. The molecular weight excluding hydrogens is 234 g/mol. The lowest BCUT2D eigenvalue weighted by atomic mass is 10.1. The van der Waals surface area contributed by atoms with Crippen molar-refractivity contribution in [2.75, 3.05) is 0 Å². The molecule has 3 rings (SSSR count). The molecule has 2 heteroatoms. The standard InChI is InChI=1S/C17H13NO/c19-17(11-10-13-6-2-1-3-7-13)16-12-14-8-4-5-9-15(14)18-16/h1-12,18H. The number of fused-ring (bicyclic) bond motifs is 1. The van der Waals surface area contributed by atoms with Crippen LogP contribution in [-0.2, 0) is 0 Å². The lowest BCUT2D eigenvalue weighted by Gasteiger charge is -1.91. The monoisotopic (exact) mass is 247 g/mol. The molecule has 3 aromatic rings. The van der Waals surface area contributed by atoms with Gasteiger partial charge in [-0.15, -0.1) is 0 Å². The number of carbonyl (C=O) groups excluding carboxylic acids is 1. The summed E-state index contributed by atoms with van der Waals surface area (Å²) in [4.78, 5) is 15.2. The molecule has 0 atom stereocenters. The summed E-state index contributed by atoms with van der Waals surface area (Å²) in [6, 6.07) is 19.5. The predicted molar refractivity (Wildman–Crippen MR) is 78.1 cm³/mol. The first kappa shape index (κ1) is 11.5. The highest BCUT2D eigenvalue weighted by Gasteiger charge is 2.05. The first-order valence-corrected chi connectivity index (χ1v) is 6.18. The van der Waals surface area contributed by atoms with Crippen molar-refractivity contribution in [3.63, 3.8) is 0 Å². The highest BCUT2D eigenvalue weighted by molar-refractivity contribution is 6.08. The molecule has 92 valence electrons. The number of para-hydroxylation sites is 1. The lowest BCUT2D eigenvalue weighted by molar-refractivity contribution is 0.104. The van der Waals surface area contributed by atoms with Gasteiger partial charge < -0.3 is 4.98 Å². The Kier molecular flexibility index (Phi) is 2.99. The number of aromatic amines is 1. The fourth-order valence-corrected chi connectivity index (χ4v) is 2.03. The van der Waals surface area contributed by atoms with Gasteiger partial charge in [-0.05, 0) is 23.8 Å². The highest BCUT2D eigenvalue weighted by Crippen LogP contribution is 2.15. The Hall–Kier alpha value is -2.61. The van der Waals surface area contributed by atoms with Crippen LogP contribution in [0.3, 0.4) is 0 Å². The Morgan fingerprint density at radius 1 is 0.947 bits per heavy atom. The number of carbonyl (C=O) groups is 1. The summed E-state index contributed by atoms with van der Waals surface area (Å²) in [5.41, 5.74) is 2.62. The van der Waals surface area contributed by atoms with Crippen molar-refractivity contribution in [2.45, 2.75) is 0 Å². The molecule has 1 aromatic heterocycles. The van der Waals surface area contributed by atoms with E-state index in [4.69, 9.17) is 0 Å². The van der Waals surface area contributed by atoms with Crippen molar-refractivity contribution in [1.29, 1.82) is 0 Å². The maximum absolute atomic E-state index is 12.1. The molecule has 0 bridgehead atoms. The van der Waals surface area contributed by atoms with Gasteiger partial charge in [-0.2, -0.15) is 0 Å². The summed E-state index contributed by atoms with van der Waals surface area (Å²) >= 11 is 0. The fraction of sp³-hybridized carbons (Fsp3) is 0. The minimum absolute atomic E-state index is 0.0138. The molecular formula is C17H13NO. The van der Waals surface area contributed by atoms with Crippen molar-refractivity contribution in [3.8, 4) is 0 Å². The topological polar surface area (TPSA) is 32.9 Å². The van der Waals surface area contributed by atoms with Crippen LogP contribution in [0.15, 0.2) is 66.7 Å². The van der Waals surface area contributed by atoms with Gasteiger partial charge in [0, 0.05) is 10.9 Å². The maximum Gasteiger partial charge on any atom is 0.202 e. The van der Waals surface area contributed by atoms with E-state index in [2.05, 4.69) is 4.98 Å². The second kappa shape index (κ2) is 4.94. The molecule has 1 heterocycles. The van der Waals surface area contributed by atoms with Crippen LogP contribution in [0.2, 0.25) is 0 Å². The van der Waals surface area contributed by atoms with Gasteiger partial charge in [0.25, 0.3) is 0 Å². The van der Waals surface area contributed by atoms with E-state index in [1.165, 1.54) is 0 Å². The van der Waals surface area contributed by atoms with Gasteiger partial charge in [-0.25, -0.2) is 0 Å². The first-order valence-electron chi connectivity index (χ1n) is 6.18. The van der Waals surface area contributed by atoms with Crippen LogP contribution in [-0.4, -0.2) is 10.8 Å². The number of aromatic nitrogens is 1. The average molecular weight is 247 g/mol. The number of hydrogen-bond donors (Lipinski definition) is 1. The van der Waals surface area contributed by atoms with E-state index in [-0.39, 0.29) is 5.78 Å². The summed E-state index contributed by atoms with van der Waals surface area (Å²) < 4.78 is 0. The van der Waals surface area contributed by atoms with E-state index in [1.54, 1.807) is 6.08 Å². The molecule has 1 N–H and O–H groups in total. The van der Waals surface area contributed by atoms with E-state index >= 15 is 0 Å². The minimum atomic E-state index is -0.0138. The number of allylic oxidation sites excluding steroid dienone is 1. The normalized spacial score (nSPS) is 11.2. The van der Waals surface area contributed by atoms with E-state index in [0.717, 1.165) is 16.5 Å². The van der Waals surface area contributed by atoms with Gasteiger partial charge in [0.05, 0.1) is 5.69 Å². The Morgan fingerprint density at radius 2 is 1.68 bits per heavy atom. The number of nitrogens with one attached hydrogen (secondary N) is 1. The van der Waals surface area contributed by atoms with Crippen molar-refractivity contribution in [1.82, 2.24) is 4.98 Å². The van der Waals surface area contributed by atoms with E-state index in [0.29, 0.717) is 5.69 Å². The van der Waals surface area contributed by atoms with Crippen LogP contribution >= 0.6 is 0 Å². The Labute approximate surface area is 111 Å².